The predicted molar refractivity (Wildman–Crippen MR) is 53.4 cm³/mol. The van der Waals surface area contributed by atoms with E-state index in [1.807, 2.05) is 37.3 Å². The van der Waals surface area contributed by atoms with E-state index in [4.69, 9.17) is 5.73 Å². The highest BCUT2D eigenvalue weighted by Gasteiger charge is 2.16. The fourth-order valence-corrected chi connectivity index (χ4v) is 1.37. The molecular formula is C11H16FN. The fourth-order valence-electron chi connectivity index (χ4n) is 1.37. The molecule has 1 aromatic carbocycles. The Hall–Kier alpha value is -0.890. The summed E-state index contributed by atoms with van der Waals surface area (Å²) < 4.78 is 13.4. The van der Waals surface area contributed by atoms with E-state index in [-0.39, 0.29) is 5.92 Å². The van der Waals surface area contributed by atoms with E-state index in [2.05, 4.69) is 0 Å². The van der Waals surface area contributed by atoms with Crippen molar-refractivity contribution in [3.8, 4) is 0 Å². The number of benzene rings is 1. The highest BCUT2D eigenvalue weighted by Crippen LogP contribution is 2.22. The van der Waals surface area contributed by atoms with E-state index < -0.39 is 6.17 Å². The Morgan fingerprint density at radius 3 is 2.46 bits per heavy atom. The summed E-state index contributed by atoms with van der Waals surface area (Å²) >= 11 is 0. The zero-order chi connectivity index (χ0) is 9.68. The van der Waals surface area contributed by atoms with Crippen LogP contribution in [0, 0.1) is 0 Å². The van der Waals surface area contributed by atoms with E-state index in [1.54, 1.807) is 0 Å². The predicted octanol–water partition coefficient (Wildman–Crippen LogP) is 2.48. The SMILES string of the molecule is C[C@@H](c1ccccc1)[C@@H](F)CCN. The van der Waals surface area contributed by atoms with Crippen molar-refractivity contribution in [2.24, 2.45) is 5.73 Å². The summed E-state index contributed by atoms with van der Waals surface area (Å²) in [6.45, 7) is 2.31. The molecule has 0 fully saturated rings. The Morgan fingerprint density at radius 1 is 1.31 bits per heavy atom. The monoisotopic (exact) mass is 181 g/mol. The molecule has 0 aromatic heterocycles. The first-order valence-electron chi connectivity index (χ1n) is 4.64. The van der Waals surface area contributed by atoms with Gasteiger partial charge in [-0.3, -0.25) is 0 Å². The van der Waals surface area contributed by atoms with Crippen molar-refractivity contribution in [3.05, 3.63) is 35.9 Å². The van der Waals surface area contributed by atoms with Crippen LogP contribution in [0.2, 0.25) is 0 Å². The second-order valence-corrected chi connectivity index (χ2v) is 3.29. The van der Waals surface area contributed by atoms with Crippen molar-refractivity contribution >= 4 is 0 Å². The first-order valence-corrected chi connectivity index (χ1v) is 4.64. The van der Waals surface area contributed by atoms with Crippen LogP contribution in [0.25, 0.3) is 0 Å². The number of rotatable bonds is 4. The summed E-state index contributed by atoms with van der Waals surface area (Å²) in [7, 11) is 0. The van der Waals surface area contributed by atoms with Crippen LogP contribution < -0.4 is 5.73 Å². The van der Waals surface area contributed by atoms with Crippen molar-refractivity contribution in [1.29, 1.82) is 0 Å². The highest BCUT2D eigenvalue weighted by atomic mass is 19.1. The van der Waals surface area contributed by atoms with E-state index in [0.717, 1.165) is 5.56 Å². The van der Waals surface area contributed by atoms with Crippen LogP contribution in [0.5, 0.6) is 0 Å². The van der Waals surface area contributed by atoms with Gasteiger partial charge in [0.2, 0.25) is 0 Å². The molecule has 0 heterocycles. The number of alkyl halides is 1. The van der Waals surface area contributed by atoms with Gasteiger partial charge in [-0.2, -0.15) is 0 Å². The molecule has 0 spiro atoms. The third-order valence-corrected chi connectivity index (χ3v) is 2.31. The maximum Gasteiger partial charge on any atom is 0.108 e. The molecule has 2 heteroatoms. The molecule has 0 bridgehead atoms. The Balaban J connectivity index is 2.62. The Kier molecular flexibility index (Phi) is 3.90. The smallest absolute Gasteiger partial charge is 0.108 e. The molecule has 2 N–H and O–H groups in total. The molecule has 72 valence electrons. The lowest BCUT2D eigenvalue weighted by atomic mass is 9.95. The lowest BCUT2D eigenvalue weighted by Crippen LogP contribution is -2.15. The summed E-state index contributed by atoms with van der Waals surface area (Å²) in [5.41, 5.74) is 6.35. The van der Waals surface area contributed by atoms with Gasteiger partial charge < -0.3 is 5.73 Å². The van der Waals surface area contributed by atoms with Crippen molar-refractivity contribution < 1.29 is 4.39 Å². The molecule has 0 amide bonds. The first-order chi connectivity index (χ1) is 6.25. The van der Waals surface area contributed by atoms with E-state index in [0.29, 0.717) is 13.0 Å². The maximum atomic E-state index is 13.4. The molecule has 1 nitrogen and oxygen atoms in total. The van der Waals surface area contributed by atoms with Gasteiger partial charge in [0.15, 0.2) is 0 Å². The molecule has 0 aliphatic rings. The van der Waals surface area contributed by atoms with Gasteiger partial charge in [-0.15, -0.1) is 0 Å². The van der Waals surface area contributed by atoms with Gasteiger partial charge in [-0.1, -0.05) is 37.3 Å². The van der Waals surface area contributed by atoms with Gasteiger partial charge in [0.25, 0.3) is 0 Å². The molecule has 1 aromatic rings. The van der Waals surface area contributed by atoms with Crippen LogP contribution in [-0.2, 0) is 0 Å². The number of nitrogens with two attached hydrogens (primary N) is 1. The number of hydrogen-bond donors (Lipinski definition) is 1. The van der Waals surface area contributed by atoms with Crippen LogP contribution in [-0.4, -0.2) is 12.7 Å². The quantitative estimate of drug-likeness (QED) is 0.758. The minimum atomic E-state index is -0.826. The topological polar surface area (TPSA) is 26.0 Å². The summed E-state index contributed by atoms with van der Waals surface area (Å²) in [5.74, 6) is -0.0512. The molecular weight excluding hydrogens is 165 g/mol. The zero-order valence-electron chi connectivity index (χ0n) is 7.91. The molecule has 0 unspecified atom stereocenters. The molecule has 0 aliphatic carbocycles. The molecule has 0 aliphatic heterocycles. The van der Waals surface area contributed by atoms with Crippen molar-refractivity contribution in [3.63, 3.8) is 0 Å². The van der Waals surface area contributed by atoms with Gasteiger partial charge in [-0.25, -0.2) is 4.39 Å². The van der Waals surface area contributed by atoms with Gasteiger partial charge in [-0.05, 0) is 18.5 Å². The van der Waals surface area contributed by atoms with Gasteiger partial charge in [0.05, 0.1) is 0 Å². The van der Waals surface area contributed by atoms with Crippen LogP contribution in [0.3, 0.4) is 0 Å². The largest absolute Gasteiger partial charge is 0.330 e. The van der Waals surface area contributed by atoms with Crippen LogP contribution in [0.15, 0.2) is 30.3 Å². The minimum absolute atomic E-state index is 0.0512. The van der Waals surface area contributed by atoms with Crippen molar-refractivity contribution in [2.75, 3.05) is 6.54 Å². The van der Waals surface area contributed by atoms with E-state index in [1.165, 1.54) is 0 Å². The van der Waals surface area contributed by atoms with Gasteiger partial charge in [0, 0.05) is 5.92 Å². The maximum absolute atomic E-state index is 13.4. The number of halogens is 1. The molecule has 0 saturated carbocycles. The third-order valence-electron chi connectivity index (χ3n) is 2.31. The molecule has 2 atom stereocenters. The van der Waals surface area contributed by atoms with Crippen molar-refractivity contribution in [2.45, 2.75) is 25.4 Å². The second-order valence-electron chi connectivity index (χ2n) is 3.29. The first kappa shape index (κ1) is 10.2. The Morgan fingerprint density at radius 2 is 1.92 bits per heavy atom. The lowest BCUT2D eigenvalue weighted by molar-refractivity contribution is 0.278. The van der Waals surface area contributed by atoms with E-state index in [9.17, 15) is 4.39 Å². The minimum Gasteiger partial charge on any atom is -0.330 e. The third kappa shape index (κ3) is 2.81. The molecule has 0 saturated heterocycles. The fraction of sp³-hybridized carbons (Fsp3) is 0.455. The normalized spacial score (nSPS) is 15.3. The summed E-state index contributed by atoms with van der Waals surface area (Å²) in [6, 6.07) is 9.70. The van der Waals surface area contributed by atoms with Crippen LogP contribution in [0.1, 0.15) is 24.8 Å². The summed E-state index contributed by atoms with van der Waals surface area (Å²) in [4.78, 5) is 0. The van der Waals surface area contributed by atoms with Gasteiger partial charge >= 0.3 is 0 Å². The number of hydrogen-bond acceptors (Lipinski definition) is 1. The average Bonchev–Trinajstić information content (AvgIpc) is 2.18. The van der Waals surface area contributed by atoms with Crippen LogP contribution >= 0.6 is 0 Å². The second kappa shape index (κ2) is 4.97. The van der Waals surface area contributed by atoms with Crippen molar-refractivity contribution in [1.82, 2.24) is 0 Å². The standard InChI is InChI=1S/C11H16FN/c1-9(11(12)7-8-13)10-5-3-2-4-6-10/h2-6,9,11H,7-8,13H2,1H3/t9-,11-/m0/s1. The molecule has 13 heavy (non-hydrogen) atoms. The Bertz CT molecular complexity index is 235. The Labute approximate surface area is 78.8 Å². The van der Waals surface area contributed by atoms with E-state index >= 15 is 0 Å². The summed E-state index contributed by atoms with van der Waals surface area (Å²) in [6.07, 6.45) is -0.386. The average molecular weight is 181 g/mol. The lowest BCUT2D eigenvalue weighted by Gasteiger charge is -2.15. The highest BCUT2D eigenvalue weighted by molar-refractivity contribution is 5.19. The molecule has 1 rings (SSSR count). The zero-order valence-corrected chi connectivity index (χ0v) is 7.91. The summed E-state index contributed by atoms with van der Waals surface area (Å²) in [5, 5.41) is 0. The van der Waals surface area contributed by atoms with Crippen LogP contribution in [0.4, 0.5) is 4.39 Å². The molecule has 0 radical (unpaired) electrons. The van der Waals surface area contributed by atoms with Gasteiger partial charge in [0.1, 0.15) is 6.17 Å².